The molecule has 0 amide bonds. The summed E-state index contributed by atoms with van der Waals surface area (Å²) in [5.74, 6) is 1.54. The Bertz CT molecular complexity index is 268. The Kier molecular flexibility index (Phi) is 5.02. The van der Waals surface area contributed by atoms with E-state index in [-0.39, 0.29) is 0 Å². The molecule has 1 aromatic rings. The monoisotopic (exact) mass is 207 g/mol. The van der Waals surface area contributed by atoms with Crippen LogP contribution in [0, 0.1) is 5.92 Å². The Morgan fingerprint density at radius 3 is 2.53 bits per heavy atom. The van der Waals surface area contributed by atoms with E-state index in [1.807, 2.05) is 24.3 Å². The van der Waals surface area contributed by atoms with Crippen LogP contribution >= 0.6 is 0 Å². The first kappa shape index (κ1) is 11.9. The van der Waals surface area contributed by atoms with E-state index < -0.39 is 0 Å². The lowest BCUT2D eigenvalue weighted by atomic mass is 10.1. The van der Waals surface area contributed by atoms with E-state index >= 15 is 0 Å². The molecule has 0 heterocycles. The van der Waals surface area contributed by atoms with Crippen molar-refractivity contribution in [3.8, 4) is 5.75 Å². The zero-order chi connectivity index (χ0) is 11.1. The highest BCUT2D eigenvalue weighted by atomic mass is 16.5. The second kappa shape index (κ2) is 6.33. The summed E-state index contributed by atoms with van der Waals surface area (Å²) in [5.41, 5.74) is 6.37. The van der Waals surface area contributed by atoms with Crippen molar-refractivity contribution >= 4 is 5.69 Å². The standard InChI is InChI=1S/C13H21NO/c1-3-4-5-11(2)10-15-13-8-6-12(14)7-9-13/h6-9,11H,3-5,10,14H2,1-2H3. The average molecular weight is 207 g/mol. The predicted octanol–water partition coefficient (Wildman–Crippen LogP) is 3.47. The molecule has 0 fully saturated rings. The summed E-state index contributed by atoms with van der Waals surface area (Å²) in [6.45, 7) is 5.24. The van der Waals surface area contributed by atoms with Gasteiger partial charge in [-0.3, -0.25) is 0 Å². The van der Waals surface area contributed by atoms with Gasteiger partial charge in [-0.15, -0.1) is 0 Å². The van der Waals surface area contributed by atoms with Gasteiger partial charge in [0, 0.05) is 5.69 Å². The SMILES string of the molecule is CCCCC(C)COc1ccc(N)cc1. The zero-order valence-corrected chi connectivity index (χ0v) is 9.70. The van der Waals surface area contributed by atoms with Crippen molar-refractivity contribution in [3.05, 3.63) is 24.3 Å². The second-order valence-corrected chi connectivity index (χ2v) is 4.13. The maximum Gasteiger partial charge on any atom is 0.119 e. The highest BCUT2D eigenvalue weighted by molar-refractivity contribution is 5.41. The molecular formula is C13H21NO. The number of hydrogen-bond donors (Lipinski definition) is 1. The third-order valence-corrected chi connectivity index (χ3v) is 2.47. The fourth-order valence-corrected chi connectivity index (χ4v) is 1.44. The zero-order valence-electron chi connectivity index (χ0n) is 9.70. The summed E-state index contributed by atoms with van der Waals surface area (Å²) < 4.78 is 5.66. The van der Waals surface area contributed by atoms with Crippen LogP contribution in [0.3, 0.4) is 0 Å². The largest absolute Gasteiger partial charge is 0.493 e. The average Bonchev–Trinajstić information content (AvgIpc) is 2.25. The minimum absolute atomic E-state index is 0.627. The van der Waals surface area contributed by atoms with Gasteiger partial charge in [-0.1, -0.05) is 26.7 Å². The molecule has 1 aromatic carbocycles. The van der Waals surface area contributed by atoms with Crippen LogP contribution in [-0.2, 0) is 0 Å². The van der Waals surface area contributed by atoms with Crippen molar-refractivity contribution in [2.45, 2.75) is 33.1 Å². The Balaban J connectivity index is 2.27. The molecule has 0 aliphatic carbocycles. The highest BCUT2D eigenvalue weighted by Gasteiger charge is 2.02. The molecule has 0 aromatic heterocycles. The van der Waals surface area contributed by atoms with Crippen LogP contribution in [0.1, 0.15) is 33.1 Å². The summed E-state index contributed by atoms with van der Waals surface area (Å²) >= 11 is 0. The van der Waals surface area contributed by atoms with Gasteiger partial charge in [-0.25, -0.2) is 0 Å². The molecule has 2 nitrogen and oxygen atoms in total. The quantitative estimate of drug-likeness (QED) is 0.725. The van der Waals surface area contributed by atoms with Crippen LogP contribution in [0.25, 0.3) is 0 Å². The summed E-state index contributed by atoms with van der Waals surface area (Å²) in [7, 11) is 0. The minimum atomic E-state index is 0.627. The molecule has 84 valence electrons. The lowest BCUT2D eigenvalue weighted by Gasteiger charge is -2.12. The molecule has 15 heavy (non-hydrogen) atoms. The minimum Gasteiger partial charge on any atom is -0.493 e. The third kappa shape index (κ3) is 4.73. The van der Waals surface area contributed by atoms with E-state index in [4.69, 9.17) is 10.5 Å². The first-order valence-electron chi connectivity index (χ1n) is 5.70. The van der Waals surface area contributed by atoms with Gasteiger partial charge in [-0.05, 0) is 36.6 Å². The van der Waals surface area contributed by atoms with Gasteiger partial charge >= 0.3 is 0 Å². The van der Waals surface area contributed by atoms with Crippen molar-refractivity contribution in [1.82, 2.24) is 0 Å². The molecule has 2 heteroatoms. The van der Waals surface area contributed by atoms with Crippen molar-refractivity contribution in [3.63, 3.8) is 0 Å². The molecule has 0 aliphatic heterocycles. The van der Waals surface area contributed by atoms with E-state index in [9.17, 15) is 0 Å². The van der Waals surface area contributed by atoms with Crippen molar-refractivity contribution in [2.75, 3.05) is 12.3 Å². The van der Waals surface area contributed by atoms with Crippen molar-refractivity contribution < 1.29 is 4.74 Å². The Hall–Kier alpha value is -1.18. The second-order valence-electron chi connectivity index (χ2n) is 4.13. The van der Waals surface area contributed by atoms with Gasteiger partial charge < -0.3 is 10.5 Å². The fraction of sp³-hybridized carbons (Fsp3) is 0.538. The highest BCUT2D eigenvalue weighted by Crippen LogP contribution is 2.15. The van der Waals surface area contributed by atoms with E-state index in [0.29, 0.717) is 5.92 Å². The Morgan fingerprint density at radius 2 is 1.93 bits per heavy atom. The van der Waals surface area contributed by atoms with Gasteiger partial charge in [0.15, 0.2) is 0 Å². The first-order valence-corrected chi connectivity index (χ1v) is 5.70. The maximum atomic E-state index is 5.66. The summed E-state index contributed by atoms with van der Waals surface area (Å²) in [4.78, 5) is 0. The van der Waals surface area contributed by atoms with Crippen LogP contribution < -0.4 is 10.5 Å². The molecule has 0 spiro atoms. The molecule has 1 unspecified atom stereocenters. The number of rotatable bonds is 6. The number of anilines is 1. The summed E-state index contributed by atoms with van der Waals surface area (Å²) in [5, 5.41) is 0. The van der Waals surface area contributed by atoms with Gasteiger partial charge in [0.05, 0.1) is 6.61 Å². The van der Waals surface area contributed by atoms with E-state index in [0.717, 1.165) is 18.0 Å². The topological polar surface area (TPSA) is 35.2 Å². The maximum absolute atomic E-state index is 5.66. The first-order chi connectivity index (χ1) is 7.22. The summed E-state index contributed by atoms with van der Waals surface area (Å²) in [6, 6.07) is 7.57. The number of nitrogens with two attached hydrogens (primary N) is 1. The van der Waals surface area contributed by atoms with Crippen molar-refractivity contribution in [1.29, 1.82) is 0 Å². The molecule has 1 rings (SSSR count). The molecule has 0 bridgehead atoms. The van der Waals surface area contributed by atoms with E-state index in [1.165, 1.54) is 19.3 Å². The predicted molar refractivity (Wildman–Crippen MR) is 65.0 cm³/mol. The number of ether oxygens (including phenoxy) is 1. The van der Waals surface area contributed by atoms with Crippen LogP contribution in [0.15, 0.2) is 24.3 Å². The molecule has 1 atom stereocenters. The fourth-order valence-electron chi connectivity index (χ4n) is 1.44. The molecule has 2 N–H and O–H groups in total. The molecule has 0 saturated heterocycles. The molecule has 0 radical (unpaired) electrons. The Morgan fingerprint density at radius 1 is 1.27 bits per heavy atom. The molecule has 0 aliphatic rings. The Labute approximate surface area is 92.4 Å². The number of nitrogen functional groups attached to an aromatic ring is 1. The van der Waals surface area contributed by atoms with Gasteiger partial charge in [0.2, 0.25) is 0 Å². The van der Waals surface area contributed by atoms with Crippen molar-refractivity contribution in [2.24, 2.45) is 5.92 Å². The van der Waals surface area contributed by atoms with Crippen LogP contribution in [-0.4, -0.2) is 6.61 Å². The lowest BCUT2D eigenvalue weighted by molar-refractivity contribution is 0.250. The third-order valence-electron chi connectivity index (χ3n) is 2.47. The van der Waals surface area contributed by atoms with E-state index in [2.05, 4.69) is 13.8 Å². The smallest absolute Gasteiger partial charge is 0.119 e. The van der Waals surface area contributed by atoms with Crippen LogP contribution in [0.4, 0.5) is 5.69 Å². The number of unbranched alkanes of at least 4 members (excludes halogenated alkanes) is 1. The molecule has 0 saturated carbocycles. The summed E-state index contributed by atoms with van der Waals surface area (Å²) in [6.07, 6.45) is 3.78. The van der Waals surface area contributed by atoms with E-state index in [1.54, 1.807) is 0 Å². The van der Waals surface area contributed by atoms with Gasteiger partial charge in [0.25, 0.3) is 0 Å². The van der Waals surface area contributed by atoms with Crippen LogP contribution in [0.2, 0.25) is 0 Å². The number of hydrogen-bond acceptors (Lipinski definition) is 2. The van der Waals surface area contributed by atoms with Gasteiger partial charge in [0.1, 0.15) is 5.75 Å². The van der Waals surface area contributed by atoms with Crippen LogP contribution in [0.5, 0.6) is 5.75 Å². The number of benzene rings is 1. The lowest BCUT2D eigenvalue weighted by Crippen LogP contribution is -2.08. The normalized spacial score (nSPS) is 12.4. The van der Waals surface area contributed by atoms with Gasteiger partial charge in [-0.2, -0.15) is 0 Å². The molecular weight excluding hydrogens is 186 g/mol.